The summed E-state index contributed by atoms with van der Waals surface area (Å²) in [4.78, 5) is 4.15. The maximum atomic E-state index is 5.72. The van der Waals surface area contributed by atoms with Gasteiger partial charge in [-0.25, -0.2) is 4.98 Å². The maximum Gasteiger partial charge on any atom is 0.0953 e. The summed E-state index contributed by atoms with van der Waals surface area (Å²) < 4.78 is 2.23. The quantitative estimate of drug-likeness (QED) is 0.680. The number of alkyl halides is 1. The van der Waals surface area contributed by atoms with Crippen molar-refractivity contribution in [1.82, 2.24) is 9.55 Å². The molecule has 2 rings (SSSR count). The minimum absolute atomic E-state index is 0.593. The Morgan fingerprint density at radius 2 is 2.54 bits per heavy atom. The van der Waals surface area contributed by atoms with Crippen LogP contribution in [0.5, 0.6) is 0 Å². The van der Waals surface area contributed by atoms with Crippen molar-refractivity contribution in [3.8, 4) is 0 Å². The molecule has 0 unspecified atom stereocenters. The van der Waals surface area contributed by atoms with Gasteiger partial charge in [0.25, 0.3) is 0 Å². The summed E-state index contributed by atoms with van der Waals surface area (Å²) in [5, 5.41) is 0. The number of halogens is 1. The molecular weight excluding hydrogens is 184 g/mol. The smallest absolute Gasteiger partial charge is 0.0953 e. The van der Waals surface area contributed by atoms with E-state index in [-0.39, 0.29) is 0 Å². The molecule has 1 aromatic rings. The predicted octanol–water partition coefficient (Wildman–Crippen LogP) is 2.86. The Kier molecular flexibility index (Phi) is 2.40. The summed E-state index contributed by atoms with van der Waals surface area (Å²) in [6.45, 7) is 2.04. The molecule has 1 aliphatic rings. The van der Waals surface area contributed by atoms with Gasteiger partial charge in [-0.2, -0.15) is 0 Å². The van der Waals surface area contributed by atoms with Crippen LogP contribution in [0.15, 0.2) is 18.1 Å². The van der Waals surface area contributed by atoms with Gasteiger partial charge in [-0.1, -0.05) is 5.57 Å². The van der Waals surface area contributed by atoms with Crippen LogP contribution in [0, 0.1) is 0 Å². The van der Waals surface area contributed by atoms with E-state index in [9.17, 15) is 0 Å². The van der Waals surface area contributed by atoms with Gasteiger partial charge in [-0.15, -0.1) is 11.6 Å². The normalized spacial score (nSPS) is 17.8. The van der Waals surface area contributed by atoms with Gasteiger partial charge in [0.2, 0.25) is 0 Å². The van der Waals surface area contributed by atoms with Gasteiger partial charge in [0.05, 0.1) is 18.2 Å². The highest BCUT2D eigenvalue weighted by Crippen LogP contribution is 2.35. The van der Waals surface area contributed by atoms with Crippen LogP contribution in [0.1, 0.15) is 31.5 Å². The summed E-state index contributed by atoms with van der Waals surface area (Å²) in [6.07, 6.45) is 8.49. The predicted molar refractivity (Wildman–Crippen MR) is 54.9 cm³/mol. The highest BCUT2D eigenvalue weighted by Gasteiger charge is 2.24. The van der Waals surface area contributed by atoms with Gasteiger partial charge in [0.1, 0.15) is 0 Å². The van der Waals surface area contributed by atoms with Crippen LogP contribution in [0.2, 0.25) is 0 Å². The molecule has 1 aromatic heterocycles. The molecule has 0 spiro atoms. The Balaban J connectivity index is 2.23. The van der Waals surface area contributed by atoms with E-state index in [0.29, 0.717) is 11.9 Å². The average Bonchev–Trinajstić information content (AvgIpc) is 2.88. The molecule has 0 aromatic carbocycles. The Morgan fingerprint density at radius 1 is 1.77 bits per heavy atom. The maximum absolute atomic E-state index is 5.72. The lowest BCUT2D eigenvalue weighted by Gasteiger charge is -2.02. The molecule has 0 aliphatic heterocycles. The fourth-order valence-electron chi connectivity index (χ4n) is 1.38. The summed E-state index contributed by atoms with van der Waals surface area (Å²) in [5.74, 6) is 0.593. The number of hydrogen-bond acceptors (Lipinski definition) is 1. The van der Waals surface area contributed by atoms with Gasteiger partial charge in [0, 0.05) is 11.9 Å². The van der Waals surface area contributed by atoms with Gasteiger partial charge in [0.15, 0.2) is 0 Å². The molecule has 1 fully saturated rings. The Morgan fingerprint density at radius 3 is 3.15 bits per heavy atom. The van der Waals surface area contributed by atoms with Crippen LogP contribution in [0.4, 0.5) is 0 Å². The lowest BCUT2D eigenvalue weighted by Crippen LogP contribution is -1.94. The SMILES string of the molecule is CC(=Cc1cncn1C1CC1)CCl. The first-order valence-corrected chi connectivity index (χ1v) is 5.09. The van der Waals surface area contributed by atoms with Crippen molar-refractivity contribution in [3.63, 3.8) is 0 Å². The molecule has 1 saturated carbocycles. The van der Waals surface area contributed by atoms with E-state index in [0.717, 1.165) is 0 Å². The minimum Gasteiger partial charge on any atom is -0.328 e. The van der Waals surface area contributed by atoms with Crippen LogP contribution in [0.25, 0.3) is 6.08 Å². The van der Waals surface area contributed by atoms with E-state index in [4.69, 9.17) is 11.6 Å². The van der Waals surface area contributed by atoms with Gasteiger partial charge >= 0.3 is 0 Å². The fourth-order valence-corrected chi connectivity index (χ4v) is 1.45. The summed E-state index contributed by atoms with van der Waals surface area (Å²) in [6, 6.07) is 0.692. The largest absolute Gasteiger partial charge is 0.328 e. The van der Waals surface area contributed by atoms with Crippen molar-refractivity contribution in [2.24, 2.45) is 0 Å². The first kappa shape index (κ1) is 8.82. The van der Waals surface area contributed by atoms with Crippen molar-refractivity contribution in [3.05, 3.63) is 23.8 Å². The van der Waals surface area contributed by atoms with Gasteiger partial charge in [-0.05, 0) is 25.8 Å². The first-order chi connectivity index (χ1) is 6.31. The third-order valence-corrected chi connectivity index (χ3v) is 2.66. The van der Waals surface area contributed by atoms with E-state index in [1.807, 2.05) is 19.4 Å². The monoisotopic (exact) mass is 196 g/mol. The molecule has 13 heavy (non-hydrogen) atoms. The van der Waals surface area contributed by atoms with Crippen molar-refractivity contribution in [1.29, 1.82) is 0 Å². The van der Waals surface area contributed by atoms with Gasteiger partial charge in [-0.3, -0.25) is 0 Å². The molecule has 70 valence electrons. The molecule has 0 bridgehead atoms. The molecule has 0 radical (unpaired) electrons. The van der Waals surface area contributed by atoms with E-state index in [2.05, 4.69) is 15.6 Å². The molecule has 0 amide bonds. The second-order valence-electron chi connectivity index (χ2n) is 3.58. The number of hydrogen-bond donors (Lipinski definition) is 0. The van der Waals surface area contributed by atoms with E-state index in [1.54, 1.807) is 0 Å². The lowest BCUT2D eigenvalue weighted by atomic mass is 10.3. The first-order valence-electron chi connectivity index (χ1n) is 4.56. The molecule has 1 aliphatic carbocycles. The van der Waals surface area contributed by atoms with Crippen LogP contribution < -0.4 is 0 Å². The van der Waals surface area contributed by atoms with Crippen molar-refractivity contribution in [2.45, 2.75) is 25.8 Å². The van der Waals surface area contributed by atoms with Crippen LogP contribution in [-0.2, 0) is 0 Å². The zero-order valence-electron chi connectivity index (χ0n) is 7.70. The van der Waals surface area contributed by atoms with Crippen LogP contribution in [0.3, 0.4) is 0 Å². The minimum atomic E-state index is 0.593. The number of rotatable bonds is 3. The highest BCUT2D eigenvalue weighted by atomic mass is 35.5. The molecule has 0 saturated heterocycles. The average molecular weight is 197 g/mol. The lowest BCUT2D eigenvalue weighted by molar-refractivity contribution is 0.733. The Bertz CT molecular complexity index is 323. The van der Waals surface area contributed by atoms with E-state index in [1.165, 1.54) is 24.1 Å². The second kappa shape index (κ2) is 3.54. The number of imidazole rings is 1. The number of aromatic nitrogens is 2. The Labute approximate surface area is 83.2 Å². The summed E-state index contributed by atoms with van der Waals surface area (Å²) >= 11 is 5.72. The molecule has 3 heteroatoms. The Hall–Kier alpha value is -0.760. The van der Waals surface area contributed by atoms with Crippen molar-refractivity contribution < 1.29 is 0 Å². The number of allylic oxidation sites excluding steroid dienone is 1. The van der Waals surface area contributed by atoms with Crippen LogP contribution >= 0.6 is 11.6 Å². The second-order valence-corrected chi connectivity index (χ2v) is 3.85. The van der Waals surface area contributed by atoms with E-state index < -0.39 is 0 Å². The zero-order chi connectivity index (χ0) is 9.26. The summed E-state index contributed by atoms with van der Waals surface area (Å²) in [7, 11) is 0. The molecule has 0 N–H and O–H groups in total. The van der Waals surface area contributed by atoms with E-state index >= 15 is 0 Å². The molecule has 2 nitrogen and oxygen atoms in total. The standard InChI is InChI=1S/C10H13ClN2/c1-8(5-11)4-10-6-12-7-13(10)9-2-3-9/h4,6-7,9H,2-3,5H2,1H3. The molecular formula is C10H13ClN2. The molecule has 0 atom stereocenters. The van der Waals surface area contributed by atoms with Crippen LogP contribution in [-0.4, -0.2) is 15.4 Å². The van der Waals surface area contributed by atoms with Crippen molar-refractivity contribution in [2.75, 3.05) is 5.88 Å². The molecule has 1 heterocycles. The topological polar surface area (TPSA) is 17.8 Å². The van der Waals surface area contributed by atoms with Crippen molar-refractivity contribution >= 4 is 17.7 Å². The van der Waals surface area contributed by atoms with Gasteiger partial charge < -0.3 is 4.57 Å². The number of nitrogens with zero attached hydrogens (tertiary/aromatic N) is 2. The summed E-state index contributed by atoms with van der Waals surface area (Å²) in [5.41, 5.74) is 2.37. The third kappa shape index (κ3) is 1.94. The highest BCUT2D eigenvalue weighted by molar-refractivity contribution is 6.19. The third-order valence-electron chi connectivity index (χ3n) is 2.24. The zero-order valence-corrected chi connectivity index (χ0v) is 8.46. The fraction of sp³-hybridized carbons (Fsp3) is 0.500.